The van der Waals surface area contributed by atoms with Gasteiger partial charge in [-0.3, -0.25) is 14.4 Å². The van der Waals surface area contributed by atoms with Crippen molar-refractivity contribution in [2.24, 2.45) is 5.92 Å². The van der Waals surface area contributed by atoms with Crippen LogP contribution in [-0.2, 0) is 6.54 Å². The molecular weight excluding hydrogens is 292 g/mol. The van der Waals surface area contributed by atoms with Gasteiger partial charge in [0, 0.05) is 39.3 Å². The van der Waals surface area contributed by atoms with Crippen LogP contribution < -0.4 is 5.32 Å². The highest BCUT2D eigenvalue weighted by Crippen LogP contribution is 2.19. The molecule has 2 aliphatic rings. The minimum atomic E-state index is -0.0258. The van der Waals surface area contributed by atoms with E-state index in [9.17, 15) is 4.79 Å². The Morgan fingerprint density at radius 3 is 2.87 bits per heavy atom. The highest BCUT2D eigenvalue weighted by atomic mass is 16.2. The van der Waals surface area contributed by atoms with Gasteiger partial charge in [0.1, 0.15) is 0 Å². The average Bonchev–Trinajstić information content (AvgIpc) is 3.22. The molecule has 7 heteroatoms. The van der Waals surface area contributed by atoms with E-state index in [1.54, 1.807) is 10.9 Å². The van der Waals surface area contributed by atoms with Gasteiger partial charge in [-0.1, -0.05) is 31.2 Å². The van der Waals surface area contributed by atoms with Gasteiger partial charge in [0.2, 0.25) is 0 Å². The zero-order valence-corrected chi connectivity index (χ0v) is 14.0. The van der Waals surface area contributed by atoms with Crippen molar-refractivity contribution in [2.45, 2.75) is 26.4 Å². The number of nitrogens with zero attached hydrogens (tertiary/aromatic N) is 5. The molecule has 1 aromatic heterocycles. The molecule has 126 valence electrons. The van der Waals surface area contributed by atoms with Crippen molar-refractivity contribution >= 4 is 5.91 Å². The minimum Gasteiger partial charge on any atom is -0.327 e. The summed E-state index contributed by atoms with van der Waals surface area (Å²) in [4.78, 5) is 16.9. The second-order valence-corrected chi connectivity index (χ2v) is 6.58. The van der Waals surface area contributed by atoms with Crippen molar-refractivity contribution in [2.75, 3.05) is 39.3 Å². The van der Waals surface area contributed by atoms with Crippen molar-refractivity contribution < 1.29 is 4.79 Å². The maximum absolute atomic E-state index is 12.6. The number of carbonyl (C=O) groups is 1. The molecule has 0 bridgehead atoms. The largest absolute Gasteiger partial charge is 0.327 e. The van der Waals surface area contributed by atoms with Crippen LogP contribution in [0.1, 0.15) is 24.3 Å². The number of nitrogens with one attached hydrogen (secondary N) is 1. The highest BCUT2D eigenvalue weighted by Gasteiger charge is 2.29. The lowest BCUT2D eigenvalue weighted by Gasteiger charge is -2.27. The Kier molecular flexibility index (Phi) is 5.07. The molecule has 1 N–H and O–H groups in total. The van der Waals surface area contributed by atoms with Crippen LogP contribution >= 0.6 is 0 Å². The molecule has 1 aromatic rings. The van der Waals surface area contributed by atoms with Crippen LogP contribution in [0.4, 0.5) is 0 Å². The Bertz CT molecular complexity index is 561. The van der Waals surface area contributed by atoms with E-state index in [0.717, 1.165) is 39.3 Å². The van der Waals surface area contributed by atoms with Gasteiger partial charge in [0.05, 0.1) is 18.8 Å². The highest BCUT2D eigenvalue weighted by molar-refractivity contribution is 5.92. The molecule has 0 radical (unpaired) electrons. The van der Waals surface area contributed by atoms with E-state index in [-0.39, 0.29) is 11.9 Å². The lowest BCUT2D eigenvalue weighted by atomic mass is 10.0. The van der Waals surface area contributed by atoms with Gasteiger partial charge in [-0.05, 0) is 5.92 Å². The van der Waals surface area contributed by atoms with Gasteiger partial charge in [-0.15, -0.1) is 5.10 Å². The van der Waals surface area contributed by atoms with Crippen LogP contribution in [0.5, 0.6) is 0 Å². The summed E-state index contributed by atoms with van der Waals surface area (Å²) in [7, 11) is 0. The van der Waals surface area contributed by atoms with E-state index in [0.29, 0.717) is 18.2 Å². The molecule has 1 unspecified atom stereocenters. The van der Waals surface area contributed by atoms with Crippen LogP contribution in [-0.4, -0.2) is 76.0 Å². The van der Waals surface area contributed by atoms with Crippen molar-refractivity contribution in [3.8, 4) is 0 Å². The van der Waals surface area contributed by atoms with Crippen LogP contribution in [0.25, 0.3) is 0 Å². The molecule has 3 heterocycles. The summed E-state index contributed by atoms with van der Waals surface area (Å²) >= 11 is 0. The lowest BCUT2D eigenvalue weighted by Crippen LogP contribution is -2.44. The number of carbonyl (C=O) groups excluding carboxylic acids is 1. The topological polar surface area (TPSA) is 66.3 Å². The molecule has 1 atom stereocenters. The molecule has 2 aliphatic heterocycles. The Hall–Kier alpha value is -1.73. The summed E-state index contributed by atoms with van der Waals surface area (Å²) in [5, 5.41) is 11.5. The van der Waals surface area contributed by atoms with E-state index in [2.05, 4.69) is 46.5 Å². The van der Waals surface area contributed by atoms with Crippen LogP contribution in [0.15, 0.2) is 18.3 Å². The Morgan fingerprint density at radius 2 is 2.13 bits per heavy atom. The molecular formula is C16H26N6O. The fourth-order valence-electron chi connectivity index (χ4n) is 3.17. The number of hydrogen-bond acceptors (Lipinski definition) is 5. The normalized spacial score (nSPS) is 22.2. The lowest BCUT2D eigenvalue weighted by molar-refractivity contribution is 0.0714. The molecule has 0 spiro atoms. The van der Waals surface area contributed by atoms with Crippen LogP contribution in [0, 0.1) is 5.92 Å². The third kappa shape index (κ3) is 3.79. The SMILES string of the molecule is CC(C)C1C=CCN1C(=O)c1cn(CCN2CCNCC2)nn1. The predicted molar refractivity (Wildman–Crippen MR) is 88.1 cm³/mol. The van der Waals surface area contributed by atoms with Crippen molar-refractivity contribution in [3.05, 3.63) is 24.0 Å². The van der Waals surface area contributed by atoms with Crippen LogP contribution in [0.2, 0.25) is 0 Å². The Balaban J connectivity index is 1.57. The van der Waals surface area contributed by atoms with Gasteiger partial charge in [0.15, 0.2) is 5.69 Å². The number of rotatable bonds is 5. The molecule has 0 aliphatic carbocycles. The smallest absolute Gasteiger partial charge is 0.276 e. The second kappa shape index (κ2) is 7.23. The molecule has 0 aromatic carbocycles. The first-order valence-electron chi connectivity index (χ1n) is 8.46. The molecule has 1 amide bonds. The summed E-state index contributed by atoms with van der Waals surface area (Å²) < 4.78 is 1.78. The zero-order valence-electron chi connectivity index (χ0n) is 14.0. The Labute approximate surface area is 137 Å². The zero-order chi connectivity index (χ0) is 16.2. The first kappa shape index (κ1) is 16.1. The summed E-state index contributed by atoms with van der Waals surface area (Å²) in [5.41, 5.74) is 0.444. The van der Waals surface area contributed by atoms with E-state index < -0.39 is 0 Å². The summed E-state index contributed by atoms with van der Waals surface area (Å²) in [6.07, 6.45) is 5.94. The molecule has 7 nitrogen and oxygen atoms in total. The molecule has 23 heavy (non-hydrogen) atoms. The summed E-state index contributed by atoms with van der Waals surface area (Å²) in [6.45, 7) is 10.8. The summed E-state index contributed by atoms with van der Waals surface area (Å²) in [5.74, 6) is 0.377. The fourth-order valence-corrected chi connectivity index (χ4v) is 3.17. The molecule has 3 rings (SSSR count). The first-order chi connectivity index (χ1) is 11.1. The first-order valence-corrected chi connectivity index (χ1v) is 8.46. The maximum Gasteiger partial charge on any atom is 0.276 e. The van der Waals surface area contributed by atoms with Gasteiger partial charge in [0.25, 0.3) is 5.91 Å². The molecule has 1 saturated heterocycles. The predicted octanol–water partition coefficient (Wildman–Crippen LogP) is 0.220. The molecule has 1 fully saturated rings. The fraction of sp³-hybridized carbons (Fsp3) is 0.688. The maximum atomic E-state index is 12.6. The van der Waals surface area contributed by atoms with E-state index in [1.165, 1.54) is 0 Å². The van der Waals surface area contributed by atoms with Gasteiger partial charge in [-0.2, -0.15) is 0 Å². The third-order valence-electron chi connectivity index (χ3n) is 4.55. The van der Waals surface area contributed by atoms with E-state index in [4.69, 9.17) is 0 Å². The van der Waals surface area contributed by atoms with Crippen LogP contribution in [0.3, 0.4) is 0 Å². The van der Waals surface area contributed by atoms with Crippen molar-refractivity contribution in [1.82, 2.24) is 30.1 Å². The number of piperazine rings is 1. The summed E-state index contributed by atoms with van der Waals surface area (Å²) in [6, 6.07) is 0.161. The standard InChI is InChI=1S/C16H26N6O/c1-13(2)15-4-3-7-22(15)16(23)14-12-21(19-18-14)11-10-20-8-5-17-6-9-20/h3-4,12-13,15,17H,5-11H2,1-2H3. The number of hydrogen-bond donors (Lipinski definition) is 1. The second-order valence-electron chi connectivity index (χ2n) is 6.58. The number of aromatic nitrogens is 3. The minimum absolute atomic E-state index is 0.0258. The van der Waals surface area contributed by atoms with Gasteiger partial charge in [-0.25, -0.2) is 0 Å². The van der Waals surface area contributed by atoms with Crippen molar-refractivity contribution in [3.63, 3.8) is 0 Å². The number of amides is 1. The van der Waals surface area contributed by atoms with Crippen molar-refractivity contribution in [1.29, 1.82) is 0 Å². The molecule has 0 saturated carbocycles. The Morgan fingerprint density at radius 1 is 1.35 bits per heavy atom. The average molecular weight is 318 g/mol. The van der Waals surface area contributed by atoms with Gasteiger partial charge < -0.3 is 10.2 Å². The third-order valence-corrected chi connectivity index (χ3v) is 4.55. The van der Waals surface area contributed by atoms with Gasteiger partial charge >= 0.3 is 0 Å². The quantitative estimate of drug-likeness (QED) is 0.787. The van der Waals surface area contributed by atoms with E-state index >= 15 is 0 Å². The monoisotopic (exact) mass is 318 g/mol. The van der Waals surface area contributed by atoms with E-state index in [1.807, 2.05) is 4.90 Å².